The lowest BCUT2D eigenvalue weighted by Gasteiger charge is -2.22. The molecule has 2 aromatic carbocycles. The van der Waals surface area contributed by atoms with Crippen molar-refractivity contribution in [1.82, 2.24) is 4.98 Å². The van der Waals surface area contributed by atoms with Gasteiger partial charge in [0.25, 0.3) is 10.0 Å². The number of anilines is 1. The maximum atomic E-state index is 12.9. The Morgan fingerprint density at radius 3 is 2.25 bits per heavy atom. The van der Waals surface area contributed by atoms with Gasteiger partial charge in [-0.2, -0.15) is 0 Å². The van der Waals surface area contributed by atoms with Crippen LogP contribution in [0.4, 0.5) is 5.69 Å². The summed E-state index contributed by atoms with van der Waals surface area (Å²) in [4.78, 5) is 4.30. The summed E-state index contributed by atoms with van der Waals surface area (Å²) in [6.07, 6.45) is 1.63. The Balaban J connectivity index is 1.95. The van der Waals surface area contributed by atoms with Gasteiger partial charge in [0.1, 0.15) is 0 Å². The summed E-state index contributed by atoms with van der Waals surface area (Å²) in [5.41, 5.74) is 1.44. The zero-order valence-corrected chi connectivity index (χ0v) is 14.3. The number of aromatic nitrogens is 1. The van der Waals surface area contributed by atoms with Crippen LogP contribution in [0.1, 0.15) is 12.8 Å². The number of hydrogen-bond donors (Lipinski definition) is 0. The number of nitrogens with zero attached hydrogens (tertiary/aromatic N) is 2. The molecule has 3 aromatic rings. The van der Waals surface area contributed by atoms with Gasteiger partial charge in [-0.3, -0.25) is 4.31 Å². The second kappa shape index (κ2) is 6.49. The van der Waals surface area contributed by atoms with E-state index in [9.17, 15) is 8.42 Å². The van der Waals surface area contributed by atoms with Crippen LogP contribution in [0.3, 0.4) is 0 Å². The number of rotatable bonds is 5. The first-order valence-corrected chi connectivity index (χ1v) is 9.07. The smallest absolute Gasteiger partial charge is 0.264 e. The molecule has 1 aromatic heterocycles. The molecule has 0 fully saturated rings. The van der Waals surface area contributed by atoms with Crippen LogP contribution in [-0.4, -0.2) is 19.9 Å². The fourth-order valence-electron chi connectivity index (χ4n) is 2.50. The van der Waals surface area contributed by atoms with Crippen LogP contribution in [0.2, 0.25) is 0 Å². The quantitative estimate of drug-likeness (QED) is 0.706. The molecule has 0 bridgehead atoms. The molecular weight excluding hydrogens is 324 g/mol. The predicted molar refractivity (Wildman–Crippen MR) is 93.3 cm³/mol. The zero-order chi connectivity index (χ0) is 17.2. The van der Waals surface area contributed by atoms with E-state index in [1.165, 1.54) is 4.31 Å². The molecule has 24 heavy (non-hydrogen) atoms. The molecule has 6 heteroatoms. The van der Waals surface area contributed by atoms with Gasteiger partial charge in [0.15, 0.2) is 11.7 Å². The van der Waals surface area contributed by atoms with E-state index in [2.05, 4.69) is 4.98 Å². The third-order valence-electron chi connectivity index (χ3n) is 3.68. The lowest BCUT2D eigenvalue weighted by Crippen LogP contribution is -2.30. The first kappa shape index (κ1) is 16.3. The van der Waals surface area contributed by atoms with Crippen LogP contribution in [0.5, 0.6) is 0 Å². The lowest BCUT2D eigenvalue weighted by atomic mass is 10.2. The molecular formula is C18H18N2O3S. The number of para-hydroxylation sites is 1. The molecule has 124 valence electrons. The van der Waals surface area contributed by atoms with Crippen LogP contribution in [0.15, 0.2) is 70.1 Å². The fourth-order valence-corrected chi connectivity index (χ4v) is 3.97. The highest BCUT2D eigenvalue weighted by atomic mass is 32.2. The van der Waals surface area contributed by atoms with Crippen molar-refractivity contribution in [2.24, 2.45) is 0 Å². The molecule has 0 amide bonds. The minimum absolute atomic E-state index is 0.244. The first-order chi connectivity index (χ1) is 11.5. The number of hydrogen-bond acceptors (Lipinski definition) is 4. The van der Waals surface area contributed by atoms with Crippen molar-refractivity contribution >= 4 is 15.7 Å². The van der Waals surface area contributed by atoms with Crippen LogP contribution >= 0.6 is 0 Å². The van der Waals surface area contributed by atoms with E-state index in [0.29, 0.717) is 23.9 Å². The molecule has 0 saturated heterocycles. The molecule has 3 rings (SSSR count). The summed E-state index contributed by atoms with van der Waals surface area (Å²) < 4.78 is 32.7. The van der Waals surface area contributed by atoms with Gasteiger partial charge in [-0.15, -0.1) is 0 Å². The molecule has 5 nitrogen and oxygen atoms in total. The highest BCUT2D eigenvalue weighted by Crippen LogP contribution is 2.26. The van der Waals surface area contributed by atoms with Gasteiger partial charge in [-0.25, -0.2) is 13.4 Å². The molecule has 0 spiro atoms. The van der Waals surface area contributed by atoms with Crippen LogP contribution < -0.4 is 4.31 Å². The van der Waals surface area contributed by atoms with Crippen molar-refractivity contribution in [3.05, 3.63) is 66.7 Å². The average Bonchev–Trinajstić information content (AvgIpc) is 3.03. The van der Waals surface area contributed by atoms with Crippen LogP contribution in [-0.2, 0) is 10.0 Å². The van der Waals surface area contributed by atoms with Crippen molar-refractivity contribution in [2.75, 3.05) is 10.8 Å². The molecule has 0 unspecified atom stereocenters. The van der Waals surface area contributed by atoms with Gasteiger partial charge >= 0.3 is 0 Å². The molecule has 0 aliphatic rings. The summed E-state index contributed by atoms with van der Waals surface area (Å²) >= 11 is 0. The normalized spacial score (nSPS) is 11.4. The van der Waals surface area contributed by atoms with E-state index < -0.39 is 10.0 Å². The Bertz CT molecular complexity index is 916. The fraction of sp³-hybridized carbons (Fsp3) is 0.167. The van der Waals surface area contributed by atoms with Gasteiger partial charge in [0, 0.05) is 19.0 Å². The van der Waals surface area contributed by atoms with Gasteiger partial charge < -0.3 is 4.42 Å². The zero-order valence-electron chi connectivity index (χ0n) is 13.5. The standard InChI is InChI=1S/C18H18N2O3S/c1-3-20(16-7-5-4-6-8-16)24(21,22)17-11-9-15(10-12-17)18-13-19-14(2)23-18/h4-13H,3H2,1-2H3. The van der Waals surface area contributed by atoms with Crippen molar-refractivity contribution in [2.45, 2.75) is 18.7 Å². The number of benzene rings is 2. The third-order valence-corrected chi connectivity index (χ3v) is 5.60. The Kier molecular flexibility index (Phi) is 4.40. The molecule has 0 aliphatic heterocycles. The minimum atomic E-state index is -3.61. The number of sulfonamides is 1. The van der Waals surface area contributed by atoms with Crippen molar-refractivity contribution in [3.63, 3.8) is 0 Å². The highest BCUT2D eigenvalue weighted by Gasteiger charge is 2.23. The topological polar surface area (TPSA) is 63.4 Å². The molecule has 0 saturated carbocycles. The van der Waals surface area contributed by atoms with Gasteiger partial charge in [-0.1, -0.05) is 18.2 Å². The van der Waals surface area contributed by atoms with E-state index in [-0.39, 0.29) is 4.90 Å². The molecule has 0 N–H and O–H groups in total. The molecule has 0 radical (unpaired) electrons. The largest absolute Gasteiger partial charge is 0.441 e. The second-order valence-corrected chi connectivity index (χ2v) is 7.14. The van der Waals surface area contributed by atoms with Crippen molar-refractivity contribution in [3.8, 4) is 11.3 Å². The second-order valence-electron chi connectivity index (χ2n) is 5.27. The molecule has 1 heterocycles. The Morgan fingerprint density at radius 1 is 1.04 bits per heavy atom. The van der Waals surface area contributed by atoms with Crippen molar-refractivity contribution < 1.29 is 12.8 Å². The van der Waals surface area contributed by atoms with Gasteiger partial charge in [0.05, 0.1) is 16.8 Å². The SMILES string of the molecule is CCN(c1ccccc1)S(=O)(=O)c1ccc(-c2cnc(C)o2)cc1. The Labute approximate surface area is 141 Å². The van der Waals surface area contributed by atoms with E-state index in [4.69, 9.17) is 4.42 Å². The van der Waals surface area contributed by atoms with E-state index >= 15 is 0 Å². The summed E-state index contributed by atoms with van der Waals surface area (Å²) in [5.74, 6) is 1.19. The van der Waals surface area contributed by atoms with E-state index in [1.807, 2.05) is 25.1 Å². The summed E-state index contributed by atoms with van der Waals surface area (Å²) in [6, 6.07) is 15.7. The average molecular weight is 342 g/mol. The number of oxazole rings is 1. The number of aryl methyl sites for hydroxylation is 1. The maximum Gasteiger partial charge on any atom is 0.264 e. The van der Waals surface area contributed by atoms with Crippen molar-refractivity contribution in [1.29, 1.82) is 0 Å². The first-order valence-electron chi connectivity index (χ1n) is 7.63. The molecule has 0 atom stereocenters. The summed E-state index contributed by atoms with van der Waals surface area (Å²) in [7, 11) is -3.61. The molecule has 0 aliphatic carbocycles. The van der Waals surface area contributed by atoms with Gasteiger partial charge in [-0.05, 0) is 43.3 Å². The monoisotopic (exact) mass is 342 g/mol. The van der Waals surface area contributed by atoms with Crippen LogP contribution in [0, 0.1) is 6.92 Å². The van der Waals surface area contributed by atoms with E-state index in [0.717, 1.165) is 5.56 Å². The predicted octanol–water partition coefficient (Wildman–Crippen LogP) is 3.87. The lowest BCUT2D eigenvalue weighted by molar-refractivity contribution is 0.534. The Hall–Kier alpha value is -2.60. The maximum absolute atomic E-state index is 12.9. The summed E-state index contributed by atoms with van der Waals surface area (Å²) in [5, 5.41) is 0. The minimum Gasteiger partial charge on any atom is -0.441 e. The van der Waals surface area contributed by atoms with Gasteiger partial charge in [0.2, 0.25) is 0 Å². The third kappa shape index (κ3) is 3.05. The Morgan fingerprint density at radius 2 is 1.71 bits per heavy atom. The van der Waals surface area contributed by atoms with Crippen LogP contribution in [0.25, 0.3) is 11.3 Å². The summed E-state index contributed by atoms with van der Waals surface area (Å²) in [6.45, 7) is 3.94. The van der Waals surface area contributed by atoms with E-state index in [1.54, 1.807) is 49.5 Å². The highest BCUT2D eigenvalue weighted by molar-refractivity contribution is 7.92.